The Hall–Kier alpha value is -1.36. The van der Waals surface area contributed by atoms with E-state index in [0.717, 1.165) is 62.8 Å². The predicted molar refractivity (Wildman–Crippen MR) is 107 cm³/mol. The topological polar surface area (TPSA) is 58.4 Å². The van der Waals surface area contributed by atoms with Crippen LogP contribution in [0.15, 0.2) is 10.6 Å². The molecule has 2 unspecified atom stereocenters. The van der Waals surface area contributed by atoms with E-state index in [0.29, 0.717) is 24.2 Å². The first-order valence-corrected chi connectivity index (χ1v) is 11.1. The maximum atomic E-state index is 12.6. The summed E-state index contributed by atoms with van der Waals surface area (Å²) in [5.74, 6) is 3.03. The maximum Gasteiger partial charge on any atom is 0.222 e. The van der Waals surface area contributed by atoms with Crippen molar-refractivity contribution in [2.24, 2.45) is 17.8 Å². The molecule has 2 fully saturated rings. The normalized spacial score (nSPS) is 24.1. The van der Waals surface area contributed by atoms with Crippen molar-refractivity contribution in [3.8, 4) is 0 Å². The molecule has 27 heavy (non-hydrogen) atoms. The van der Waals surface area contributed by atoms with Crippen LogP contribution in [-0.4, -0.2) is 42.1 Å². The molecule has 1 saturated heterocycles. The molecule has 1 aromatic rings. The third-order valence-electron chi connectivity index (χ3n) is 6.61. The van der Waals surface area contributed by atoms with Gasteiger partial charge in [-0.05, 0) is 57.5 Å². The first kappa shape index (κ1) is 20.4. The highest BCUT2D eigenvalue weighted by Crippen LogP contribution is 2.29. The average molecular weight is 376 g/mol. The Kier molecular flexibility index (Phi) is 7.74. The average Bonchev–Trinajstić information content (AvgIpc) is 3.12. The summed E-state index contributed by atoms with van der Waals surface area (Å²) in [5.41, 5.74) is 1.06. The highest BCUT2D eigenvalue weighted by Gasteiger charge is 2.29. The summed E-state index contributed by atoms with van der Waals surface area (Å²) in [6.45, 7) is 7.71. The molecule has 1 N–H and O–H groups in total. The molecule has 2 atom stereocenters. The molecule has 3 rings (SSSR count). The van der Waals surface area contributed by atoms with Crippen molar-refractivity contribution < 1.29 is 9.32 Å². The predicted octanol–water partition coefficient (Wildman–Crippen LogP) is 3.82. The Morgan fingerprint density at radius 1 is 1.15 bits per heavy atom. The standard InChI is InChI=1S/C22H37N3O2/c1-3-25(4-2)22(26)14-18-10-11-23-16-19(18)13-20-15-21(27-24-20)12-17-8-6-5-7-9-17/h15,17-19,23H,3-14,16H2,1-2H3. The summed E-state index contributed by atoms with van der Waals surface area (Å²) in [6.07, 6.45) is 10.5. The van der Waals surface area contributed by atoms with Crippen LogP contribution in [0, 0.1) is 17.8 Å². The minimum absolute atomic E-state index is 0.301. The van der Waals surface area contributed by atoms with Gasteiger partial charge in [-0.25, -0.2) is 0 Å². The number of nitrogens with zero attached hydrogens (tertiary/aromatic N) is 2. The molecule has 1 saturated carbocycles. The molecular formula is C22H37N3O2. The van der Waals surface area contributed by atoms with Crippen LogP contribution in [0.25, 0.3) is 0 Å². The minimum atomic E-state index is 0.301. The van der Waals surface area contributed by atoms with Crippen molar-refractivity contribution in [2.45, 2.75) is 71.6 Å². The Bertz CT molecular complexity index is 576. The van der Waals surface area contributed by atoms with E-state index in [4.69, 9.17) is 4.52 Å². The lowest BCUT2D eigenvalue weighted by molar-refractivity contribution is -0.132. The van der Waals surface area contributed by atoms with Crippen molar-refractivity contribution in [1.82, 2.24) is 15.4 Å². The van der Waals surface area contributed by atoms with E-state index < -0.39 is 0 Å². The Morgan fingerprint density at radius 3 is 2.67 bits per heavy atom. The zero-order valence-corrected chi connectivity index (χ0v) is 17.2. The van der Waals surface area contributed by atoms with Crippen LogP contribution in [-0.2, 0) is 17.6 Å². The molecule has 5 nitrogen and oxygen atoms in total. The van der Waals surface area contributed by atoms with Crippen LogP contribution in [0.2, 0.25) is 0 Å². The maximum absolute atomic E-state index is 12.6. The van der Waals surface area contributed by atoms with Gasteiger partial charge in [0, 0.05) is 32.0 Å². The molecule has 0 aromatic carbocycles. The van der Waals surface area contributed by atoms with Crippen molar-refractivity contribution in [3.05, 3.63) is 17.5 Å². The number of aromatic nitrogens is 1. The summed E-state index contributed by atoms with van der Waals surface area (Å²) < 4.78 is 5.65. The molecule has 1 amide bonds. The second-order valence-electron chi connectivity index (χ2n) is 8.48. The van der Waals surface area contributed by atoms with Gasteiger partial charge in [-0.1, -0.05) is 37.3 Å². The smallest absolute Gasteiger partial charge is 0.222 e. The molecule has 152 valence electrons. The quantitative estimate of drug-likeness (QED) is 0.750. The van der Waals surface area contributed by atoms with E-state index in [1.807, 2.05) is 4.90 Å². The van der Waals surface area contributed by atoms with Gasteiger partial charge in [-0.2, -0.15) is 0 Å². The Labute approximate surface area is 164 Å². The summed E-state index contributed by atoms with van der Waals surface area (Å²) in [6, 6.07) is 2.17. The van der Waals surface area contributed by atoms with Gasteiger partial charge in [0.1, 0.15) is 5.76 Å². The van der Waals surface area contributed by atoms with Gasteiger partial charge in [-0.3, -0.25) is 4.79 Å². The lowest BCUT2D eigenvalue weighted by Gasteiger charge is -2.32. The summed E-state index contributed by atoms with van der Waals surface area (Å²) in [7, 11) is 0. The Balaban J connectivity index is 1.55. The lowest BCUT2D eigenvalue weighted by Crippen LogP contribution is -2.41. The molecule has 0 radical (unpaired) electrons. The third kappa shape index (κ3) is 5.81. The lowest BCUT2D eigenvalue weighted by atomic mass is 9.81. The van der Waals surface area contributed by atoms with Gasteiger partial charge in [0.2, 0.25) is 5.91 Å². The van der Waals surface area contributed by atoms with E-state index in [-0.39, 0.29) is 0 Å². The fraction of sp³-hybridized carbons (Fsp3) is 0.818. The Morgan fingerprint density at radius 2 is 1.93 bits per heavy atom. The zero-order chi connectivity index (χ0) is 19.1. The van der Waals surface area contributed by atoms with E-state index in [1.165, 1.54) is 32.1 Å². The van der Waals surface area contributed by atoms with E-state index >= 15 is 0 Å². The summed E-state index contributed by atoms with van der Waals surface area (Å²) in [4.78, 5) is 14.5. The fourth-order valence-corrected chi connectivity index (χ4v) is 4.91. The minimum Gasteiger partial charge on any atom is -0.361 e. The summed E-state index contributed by atoms with van der Waals surface area (Å²) >= 11 is 0. The second-order valence-corrected chi connectivity index (χ2v) is 8.48. The van der Waals surface area contributed by atoms with Gasteiger partial charge >= 0.3 is 0 Å². The number of hydrogen-bond donors (Lipinski definition) is 1. The number of rotatable bonds is 8. The highest BCUT2D eigenvalue weighted by atomic mass is 16.5. The van der Waals surface area contributed by atoms with Crippen molar-refractivity contribution in [2.75, 3.05) is 26.2 Å². The van der Waals surface area contributed by atoms with E-state index in [2.05, 4.69) is 30.4 Å². The van der Waals surface area contributed by atoms with E-state index in [1.54, 1.807) is 0 Å². The fourth-order valence-electron chi connectivity index (χ4n) is 4.91. The summed E-state index contributed by atoms with van der Waals surface area (Å²) in [5, 5.41) is 7.86. The van der Waals surface area contributed by atoms with Crippen LogP contribution >= 0.6 is 0 Å². The third-order valence-corrected chi connectivity index (χ3v) is 6.61. The number of carbonyl (C=O) groups excluding carboxylic acids is 1. The largest absolute Gasteiger partial charge is 0.361 e. The van der Waals surface area contributed by atoms with Crippen LogP contribution in [0.1, 0.15) is 70.2 Å². The first-order chi connectivity index (χ1) is 13.2. The monoisotopic (exact) mass is 375 g/mol. The molecule has 0 bridgehead atoms. The van der Waals surface area contributed by atoms with Crippen molar-refractivity contribution >= 4 is 5.91 Å². The van der Waals surface area contributed by atoms with Crippen LogP contribution in [0.4, 0.5) is 0 Å². The van der Waals surface area contributed by atoms with E-state index in [9.17, 15) is 4.79 Å². The highest BCUT2D eigenvalue weighted by molar-refractivity contribution is 5.76. The van der Waals surface area contributed by atoms with Gasteiger partial charge in [-0.15, -0.1) is 0 Å². The van der Waals surface area contributed by atoms with Gasteiger partial charge in [0.15, 0.2) is 0 Å². The number of nitrogens with one attached hydrogen (secondary N) is 1. The molecule has 0 spiro atoms. The van der Waals surface area contributed by atoms with Crippen LogP contribution in [0.3, 0.4) is 0 Å². The molecule has 5 heteroatoms. The molecule has 1 aromatic heterocycles. The number of carbonyl (C=O) groups is 1. The number of piperidine rings is 1. The SMILES string of the molecule is CCN(CC)C(=O)CC1CCNCC1Cc1cc(CC2CCCCC2)on1. The van der Waals surface area contributed by atoms with Crippen molar-refractivity contribution in [1.29, 1.82) is 0 Å². The second kappa shape index (κ2) is 10.3. The molecule has 2 heterocycles. The van der Waals surface area contributed by atoms with Gasteiger partial charge in [0.05, 0.1) is 5.69 Å². The number of hydrogen-bond acceptors (Lipinski definition) is 4. The molecule has 1 aliphatic carbocycles. The van der Waals surface area contributed by atoms with Gasteiger partial charge < -0.3 is 14.7 Å². The molecule has 2 aliphatic rings. The van der Waals surface area contributed by atoms with Gasteiger partial charge in [0.25, 0.3) is 0 Å². The van der Waals surface area contributed by atoms with Crippen molar-refractivity contribution in [3.63, 3.8) is 0 Å². The van der Waals surface area contributed by atoms with Crippen LogP contribution < -0.4 is 5.32 Å². The molecule has 1 aliphatic heterocycles. The molecular weight excluding hydrogens is 338 g/mol. The first-order valence-electron chi connectivity index (χ1n) is 11.1. The number of amides is 1. The zero-order valence-electron chi connectivity index (χ0n) is 17.2. The van der Waals surface area contributed by atoms with Crippen LogP contribution in [0.5, 0.6) is 0 Å².